The molecule has 0 spiro atoms. The highest BCUT2D eigenvalue weighted by atomic mass is 79.9. The Morgan fingerprint density at radius 1 is 1.45 bits per heavy atom. The number of benzene rings is 1. The van der Waals surface area contributed by atoms with Crippen molar-refractivity contribution in [1.82, 2.24) is 4.72 Å². The predicted octanol–water partition coefficient (Wildman–Crippen LogP) is 2.32. The zero-order chi connectivity index (χ0) is 14.8. The first kappa shape index (κ1) is 15.8. The van der Waals surface area contributed by atoms with E-state index in [0.717, 1.165) is 24.3 Å². The van der Waals surface area contributed by atoms with Crippen molar-refractivity contribution in [2.45, 2.75) is 23.8 Å². The molecule has 1 aromatic carbocycles. The minimum absolute atomic E-state index is 0.0197. The molecule has 1 aliphatic heterocycles. The van der Waals surface area contributed by atoms with E-state index in [1.165, 1.54) is 18.2 Å². The number of carboxylic acids is 1. The van der Waals surface area contributed by atoms with E-state index in [4.69, 9.17) is 5.11 Å². The van der Waals surface area contributed by atoms with Gasteiger partial charge in [0.2, 0.25) is 10.0 Å². The molecule has 2 N–H and O–H groups in total. The number of sulfonamides is 1. The quantitative estimate of drug-likeness (QED) is 0.838. The van der Waals surface area contributed by atoms with Crippen LogP contribution in [0.2, 0.25) is 0 Å². The summed E-state index contributed by atoms with van der Waals surface area (Å²) in [7, 11) is -3.68. The summed E-state index contributed by atoms with van der Waals surface area (Å²) >= 11 is 4.82. The van der Waals surface area contributed by atoms with E-state index in [-0.39, 0.29) is 16.5 Å². The number of aromatic carboxylic acids is 1. The van der Waals surface area contributed by atoms with E-state index in [2.05, 4.69) is 20.7 Å². The molecule has 8 heteroatoms. The van der Waals surface area contributed by atoms with Crippen LogP contribution in [0.5, 0.6) is 0 Å². The number of carbonyl (C=O) groups is 1. The molecular formula is C12H14BrNO4S2. The number of thioether (sulfide) groups is 1. The number of halogens is 1. The van der Waals surface area contributed by atoms with Gasteiger partial charge in [0.25, 0.3) is 0 Å². The maximum atomic E-state index is 12.3. The average molecular weight is 380 g/mol. The molecule has 5 nitrogen and oxygen atoms in total. The Morgan fingerprint density at radius 2 is 2.20 bits per heavy atom. The minimum Gasteiger partial charge on any atom is -0.478 e. The number of nitrogens with one attached hydrogen (secondary N) is 1. The van der Waals surface area contributed by atoms with Crippen molar-refractivity contribution in [3.8, 4) is 0 Å². The third-order valence-electron chi connectivity index (χ3n) is 2.96. The molecule has 1 heterocycles. The van der Waals surface area contributed by atoms with Gasteiger partial charge in [0, 0.05) is 16.3 Å². The predicted molar refractivity (Wildman–Crippen MR) is 81.8 cm³/mol. The van der Waals surface area contributed by atoms with Crippen LogP contribution in [-0.2, 0) is 10.0 Å². The number of hydrogen-bond acceptors (Lipinski definition) is 4. The smallest absolute Gasteiger partial charge is 0.336 e. The molecule has 0 radical (unpaired) electrons. The second kappa shape index (κ2) is 6.46. The first-order chi connectivity index (χ1) is 9.40. The van der Waals surface area contributed by atoms with Crippen LogP contribution in [0, 0.1) is 0 Å². The van der Waals surface area contributed by atoms with Gasteiger partial charge < -0.3 is 5.11 Å². The Labute approximate surface area is 130 Å². The monoisotopic (exact) mass is 379 g/mol. The van der Waals surface area contributed by atoms with Crippen molar-refractivity contribution in [2.24, 2.45) is 0 Å². The van der Waals surface area contributed by atoms with Crippen molar-refractivity contribution in [3.63, 3.8) is 0 Å². The van der Waals surface area contributed by atoms with Crippen molar-refractivity contribution < 1.29 is 18.3 Å². The van der Waals surface area contributed by atoms with E-state index >= 15 is 0 Å². The third-order valence-corrected chi connectivity index (χ3v) is 6.39. The lowest BCUT2D eigenvalue weighted by Crippen LogP contribution is -2.38. The lowest BCUT2D eigenvalue weighted by atomic mass is 10.2. The van der Waals surface area contributed by atoms with Crippen LogP contribution in [0.4, 0.5) is 0 Å². The lowest BCUT2D eigenvalue weighted by molar-refractivity contribution is 0.0695. The van der Waals surface area contributed by atoms with E-state index in [1.54, 1.807) is 11.8 Å². The van der Waals surface area contributed by atoms with Crippen LogP contribution in [-0.4, -0.2) is 37.0 Å². The highest BCUT2D eigenvalue weighted by Crippen LogP contribution is 2.23. The Morgan fingerprint density at radius 3 is 2.80 bits per heavy atom. The molecule has 1 unspecified atom stereocenters. The molecule has 1 aromatic rings. The summed E-state index contributed by atoms with van der Waals surface area (Å²) < 4.78 is 27.5. The topological polar surface area (TPSA) is 83.5 Å². The number of hydrogen-bond donors (Lipinski definition) is 2. The van der Waals surface area contributed by atoms with Gasteiger partial charge in [0.05, 0.1) is 10.5 Å². The van der Waals surface area contributed by atoms with Crippen LogP contribution in [0.1, 0.15) is 23.2 Å². The van der Waals surface area contributed by atoms with Crippen molar-refractivity contribution in [2.75, 3.05) is 11.5 Å². The molecule has 110 valence electrons. The van der Waals surface area contributed by atoms with Gasteiger partial charge in [0.1, 0.15) is 0 Å². The normalized spacial score (nSPS) is 19.8. The SMILES string of the molecule is O=C(O)c1cc(S(=O)(=O)NC2CCCSC2)ccc1Br. The van der Waals surface area contributed by atoms with Gasteiger partial charge in [-0.15, -0.1) is 0 Å². The van der Waals surface area contributed by atoms with Crippen LogP contribution in [0.3, 0.4) is 0 Å². The van der Waals surface area contributed by atoms with Gasteiger partial charge in [-0.3, -0.25) is 0 Å². The van der Waals surface area contributed by atoms with Gasteiger partial charge in [-0.2, -0.15) is 11.8 Å². The summed E-state index contributed by atoms with van der Waals surface area (Å²) in [6, 6.07) is 3.92. The molecule has 0 bridgehead atoms. The fraction of sp³-hybridized carbons (Fsp3) is 0.417. The van der Waals surface area contributed by atoms with Crippen LogP contribution in [0.25, 0.3) is 0 Å². The molecule has 0 amide bonds. The van der Waals surface area contributed by atoms with Crippen molar-refractivity contribution in [3.05, 3.63) is 28.2 Å². The summed E-state index contributed by atoms with van der Waals surface area (Å²) in [5, 5.41) is 9.03. The molecule has 2 rings (SSSR count). The molecule has 1 aliphatic rings. The first-order valence-electron chi connectivity index (χ1n) is 6.03. The van der Waals surface area contributed by atoms with E-state index in [9.17, 15) is 13.2 Å². The second-order valence-electron chi connectivity index (χ2n) is 4.48. The molecular weight excluding hydrogens is 366 g/mol. The van der Waals surface area contributed by atoms with Gasteiger partial charge in [-0.25, -0.2) is 17.9 Å². The summed E-state index contributed by atoms with van der Waals surface area (Å²) in [5.74, 6) is 0.642. The maximum Gasteiger partial charge on any atom is 0.336 e. The van der Waals surface area contributed by atoms with Crippen LogP contribution in [0.15, 0.2) is 27.6 Å². The van der Waals surface area contributed by atoms with Gasteiger partial charge in [-0.1, -0.05) is 0 Å². The Balaban J connectivity index is 2.24. The van der Waals surface area contributed by atoms with Gasteiger partial charge >= 0.3 is 5.97 Å². The molecule has 0 saturated carbocycles. The Kier molecular flexibility index (Phi) is 5.11. The summed E-state index contributed by atoms with van der Waals surface area (Å²) in [6.07, 6.45) is 1.80. The molecule has 1 atom stereocenters. The summed E-state index contributed by atoms with van der Waals surface area (Å²) in [6.45, 7) is 0. The fourth-order valence-corrected chi connectivity index (χ4v) is 4.85. The highest BCUT2D eigenvalue weighted by molar-refractivity contribution is 9.10. The standard InChI is InChI=1S/C12H14BrNO4S2/c13-11-4-3-9(6-10(11)12(15)16)20(17,18)14-8-2-1-5-19-7-8/h3-4,6,8,14H,1-2,5,7H2,(H,15,16). The summed E-state index contributed by atoms with van der Waals surface area (Å²) in [5.41, 5.74) is -0.0640. The van der Waals surface area contributed by atoms with E-state index < -0.39 is 16.0 Å². The maximum absolute atomic E-state index is 12.3. The van der Waals surface area contributed by atoms with Crippen LogP contribution < -0.4 is 4.72 Å². The van der Waals surface area contributed by atoms with Crippen molar-refractivity contribution >= 4 is 43.7 Å². The highest BCUT2D eigenvalue weighted by Gasteiger charge is 2.23. The second-order valence-corrected chi connectivity index (χ2v) is 8.20. The summed E-state index contributed by atoms with van der Waals surface area (Å²) in [4.78, 5) is 11.0. The molecule has 20 heavy (non-hydrogen) atoms. The third kappa shape index (κ3) is 3.75. The largest absolute Gasteiger partial charge is 0.478 e. The van der Waals surface area contributed by atoms with Gasteiger partial charge in [-0.05, 0) is 52.7 Å². The fourth-order valence-electron chi connectivity index (χ4n) is 1.96. The molecule has 1 saturated heterocycles. The first-order valence-corrected chi connectivity index (χ1v) is 9.46. The molecule has 0 aromatic heterocycles. The lowest BCUT2D eigenvalue weighted by Gasteiger charge is -2.22. The van der Waals surface area contributed by atoms with E-state index in [1.807, 2.05) is 0 Å². The minimum atomic E-state index is -3.68. The van der Waals surface area contributed by atoms with Crippen LogP contribution >= 0.6 is 27.7 Å². The average Bonchev–Trinajstić information content (AvgIpc) is 2.39. The molecule has 1 fully saturated rings. The zero-order valence-electron chi connectivity index (χ0n) is 10.5. The zero-order valence-corrected chi connectivity index (χ0v) is 13.7. The Hall–Kier alpha value is -0.570. The van der Waals surface area contributed by atoms with Gasteiger partial charge in [0.15, 0.2) is 0 Å². The Bertz CT molecular complexity index is 612. The van der Waals surface area contributed by atoms with E-state index in [0.29, 0.717) is 4.47 Å². The number of rotatable bonds is 4. The number of carboxylic acid groups (broad SMARTS) is 1. The molecule has 0 aliphatic carbocycles. The van der Waals surface area contributed by atoms with Crippen molar-refractivity contribution in [1.29, 1.82) is 0 Å².